The number of carbonyl (C=O) groups excluding carboxylic acids is 1. The molecule has 1 aromatic carbocycles. The van der Waals surface area contributed by atoms with Crippen LogP contribution in [-0.2, 0) is 36.9 Å². The van der Waals surface area contributed by atoms with Gasteiger partial charge in [-0.2, -0.15) is 18.3 Å². The van der Waals surface area contributed by atoms with Gasteiger partial charge in [0.25, 0.3) is 0 Å². The van der Waals surface area contributed by atoms with E-state index in [1.54, 1.807) is 6.07 Å². The van der Waals surface area contributed by atoms with Crippen molar-refractivity contribution in [3.05, 3.63) is 58.1 Å². The number of halogens is 4. The van der Waals surface area contributed by atoms with Crippen molar-refractivity contribution in [3.8, 4) is 0 Å². The van der Waals surface area contributed by atoms with E-state index < -0.39 is 17.8 Å². The lowest BCUT2D eigenvalue weighted by Gasteiger charge is -2.07. The molecule has 0 atom stereocenters. The van der Waals surface area contributed by atoms with E-state index in [9.17, 15) is 18.0 Å². The zero-order chi connectivity index (χ0) is 22.0. The van der Waals surface area contributed by atoms with Crippen LogP contribution in [-0.4, -0.2) is 30.5 Å². The van der Waals surface area contributed by atoms with Crippen molar-refractivity contribution in [1.29, 1.82) is 0 Å². The van der Waals surface area contributed by atoms with E-state index in [1.165, 1.54) is 15.7 Å². The first-order valence-corrected chi connectivity index (χ1v) is 10.3. The Morgan fingerprint density at radius 2 is 1.90 bits per heavy atom. The summed E-state index contributed by atoms with van der Waals surface area (Å²) in [5.41, 5.74) is 0.641. The molecule has 1 aliphatic carbocycles. The average Bonchev–Trinajstić information content (AvgIpc) is 3.19. The summed E-state index contributed by atoms with van der Waals surface area (Å²) in [6, 6.07) is 7.28. The lowest BCUT2D eigenvalue weighted by Crippen LogP contribution is -2.22. The van der Waals surface area contributed by atoms with E-state index in [-0.39, 0.29) is 18.1 Å². The Morgan fingerprint density at radius 1 is 1.13 bits per heavy atom. The molecular formula is C20H20ClF3N6O. The molecule has 4 rings (SSSR count). The van der Waals surface area contributed by atoms with Crippen molar-refractivity contribution >= 4 is 23.5 Å². The Hall–Kier alpha value is -2.88. The van der Waals surface area contributed by atoms with Crippen LogP contribution in [0.5, 0.6) is 0 Å². The van der Waals surface area contributed by atoms with Crippen molar-refractivity contribution in [1.82, 2.24) is 24.5 Å². The normalized spacial score (nSPS) is 14.2. The third-order valence-electron chi connectivity index (χ3n) is 5.15. The molecule has 1 N–H and O–H groups in total. The lowest BCUT2D eigenvalue weighted by molar-refractivity contribution is -0.142. The molecule has 0 saturated carbocycles. The van der Waals surface area contributed by atoms with Crippen LogP contribution in [0, 0.1) is 0 Å². The standard InChI is InChI=1S/C20H20ClF3N6O/c21-15-8-5-4-6-13(15)10-29-12-25-19(28-29)26-17(31)11-30-16-9-3-1-2-7-14(16)18(27-30)20(22,23)24/h4-6,8,12H,1-3,7,9-11H2,(H,26,28,31). The molecule has 0 aliphatic heterocycles. The minimum Gasteiger partial charge on any atom is -0.292 e. The molecule has 11 heteroatoms. The SMILES string of the molecule is O=C(Cn1nc(C(F)(F)F)c2c1CCCCC2)Nc1ncn(Cc2ccccc2Cl)n1. The topological polar surface area (TPSA) is 77.6 Å². The maximum absolute atomic E-state index is 13.4. The molecule has 2 heterocycles. The van der Waals surface area contributed by atoms with Crippen LogP contribution < -0.4 is 5.32 Å². The van der Waals surface area contributed by atoms with Gasteiger partial charge in [-0.1, -0.05) is 36.2 Å². The summed E-state index contributed by atoms with van der Waals surface area (Å²) in [6.45, 7) is 0.0294. The number of nitrogens with one attached hydrogen (secondary N) is 1. The first-order valence-electron chi connectivity index (χ1n) is 9.89. The minimum atomic E-state index is -4.55. The van der Waals surface area contributed by atoms with E-state index in [0.29, 0.717) is 36.5 Å². The summed E-state index contributed by atoms with van der Waals surface area (Å²) < 4.78 is 42.9. The van der Waals surface area contributed by atoms with Gasteiger partial charge in [0.15, 0.2) is 5.69 Å². The van der Waals surface area contributed by atoms with Gasteiger partial charge in [0.2, 0.25) is 11.9 Å². The zero-order valence-corrected chi connectivity index (χ0v) is 17.2. The molecule has 0 bridgehead atoms. The van der Waals surface area contributed by atoms with Gasteiger partial charge in [-0.25, -0.2) is 9.67 Å². The third-order valence-corrected chi connectivity index (χ3v) is 5.52. The summed E-state index contributed by atoms with van der Waals surface area (Å²) in [6.07, 6.45) is -0.0105. The highest BCUT2D eigenvalue weighted by Crippen LogP contribution is 2.35. The molecular weight excluding hydrogens is 433 g/mol. The number of nitrogens with zero attached hydrogens (tertiary/aromatic N) is 5. The Labute approximate surface area is 181 Å². The first kappa shape index (κ1) is 21.4. The minimum absolute atomic E-state index is 0.0614. The van der Waals surface area contributed by atoms with Gasteiger partial charge in [0.05, 0.1) is 6.54 Å². The predicted octanol–water partition coefficient (Wildman–Crippen LogP) is 4.10. The van der Waals surface area contributed by atoms with Crippen molar-refractivity contribution in [2.75, 3.05) is 5.32 Å². The molecule has 31 heavy (non-hydrogen) atoms. The number of benzene rings is 1. The van der Waals surface area contributed by atoms with Crippen LogP contribution in [0.15, 0.2) is 30.6 Å². The molecule has 2 aromatic heterocycles. The van der Waals surface area contributed by atoms with Crippen LogP contribution in [0.1, 0.15) is 41.8 Å². The number of aromatic nitrogens is 5. The van der Waals surface area contributed by atoms with Crippen LogP contribution in [0.4, 0.5) is 19.1 Å². The van der Waals surface area contributed by atoms with Gasteiger partial charge in [0.1, 0.15) is 12.9 Å². The number of hydrogen-bond donors (Lipinski definition) is 1. The van der Waals surface area contributed by atoms with Crippen LogP contribution in [0.2, 0.25) is 5.02 Å². The van der Waals surface area contributed by atoms with E-state index in [4.69, 9.17) is 11.6 Å². The molecule has 1 aliphatic rings. The van der Waals surface area contributed by atoms with Crippen molar-refractivity contribution < 1.29 is 18.0 Å². The number of rotatable bonds is 5. The molecule has 0 fully saturated rings. The smallest absolute Gasteiger partial charge is 0.292 e. The summed E-state index contributed by atoms with van der Waals surface area (Å²) in [5.74, 6) is -0.481. The highest BCUT2D eigenvalue weighted by molar-refractivity contribution is 6.31. The van der Waals surface area contributed by atoms with E-state index >= 15 is 0 Å². The van der Waals surface area contributed by atoms with Crippen LogP contribution in [0.3, 0.4) is 0 Å². The average molecular weight is 453 g/mol. The fraction of sp³-hybridized carbons (Fsp3) is 0.400. The molecule has 0 radical (unpaired) electrons. The summed E-state index contributed by atoms with van der Waals surface area (Å²) >= 11 is 6.14. The number of carbonyl (C=O) groups is 1. The van der Waals surface area contributed by atoms with Crippen molar-refractivity contribution in [2.45, 2.75) is 51.4 Å². The van der Waals surface area contributed by atoms with Gasteiger partial charge in [-0.15, -0.1) is 5.10 Å². The highest BCUT2D eigenvalue weighted by Gasteiger charge is 2.39. The van der Waals surface area contributed by atoms with Crippen molar-refractivity contribution in [3.63, 3.8) is 0 Å². The number of fused-ring (bicyclic) bond motifs is 1. The second-order valence-corrected chi connectivity index (χ2v) is 7.80. The molecule has 164 valence electrons. The fourth-order valence-electron chi connectivity index (χ4n) is 3.74. The highest BCUT2D eigenvalue weighted by atomic mass is 35.5. The molecule has 3 aromatic rings. The van der Waals surface area contributed by atoms with Crippen molar-refractivity contribution in [2.24, 2.45) is 0 Å². The number of anilines is 1. The number of hydrogen-bond acceptors (Lipinski definition) is 4. The molecule has 0 unspecified atom stereocenters. The van der Waals surface area contributed by atoms with Gasteiger partial charge >= 0.3 is 6.18 Å². The Kier molecular flexibility index (Phi) is 5.99. The maximum Gasteiger partial charge on any atom is 0.435 e. The Bertz CT molecular complexity index is 1090. The molecule has 0 spiro atoms. The van der Waals surface area contributed by atoms with Crippen LogP contribution >= 0.6 is 11.6 Å². The molecule has 1 amide bonds. The second-order valence-electron chi connectivity index (χ2n) is 7.40. The second kappa shape index (κ2) is 8.70. The van der Waals surface area contributed by atoms with E-state index in [0.717, 1.165) is 18.4 Å². The summed E-state index contributed by atoms with van der Waals surface area (Å²) in [5, 5.41) is 11.0. The molecule has 0 saturated heterocycles. The Morgan fingerprint density at radius 3 is 2.68 bits per heavy atom. The van der Waals surface area contributed by atoms with Gasteiger partial charge in [-0.3, -0.25) is 14.8 Å². The van der Waals surface area contributed by atoms with E-state index in [2.05, 4.69) is 20.5 Å². The summed E-state index contributed by atoms with van der Waals surface area (Å²) in [4.78, 5) is 16.5. The number of alkyl halides is 3. The monoisotopic (exact) mass is 452 g/mol. The van der Waals surface area contributed by atoms with Gasteiger partial charge in [-0.05, 0) is 37.3 Å². The third kappa shape index (κ3) is 4.90. The van der Waals surface area contributed by atoms with Crippen LogP contribution in [0.25, 0.3) is 0 Å². The Balaban J connectivity index is 1.47. The largest absolute Gasteiger partial charge is 0.435 e. The molecule has 7 nitrogen and oxygen atoms in total. The van der Waals surface area contributed by atoms with Gasteiger partial charge < -0.3 is 0 Å². The number of amides is 1. The quantitative estimate of drug-likeness (QED) is 0.591. The maximum atomic E-state index is 13.4. The van der Waals surface area contributed by atoms with Gasteiger partial charge in [0, 0.05) is 16.3 Å². The lowest BCUT2D eigenvalue weighted by atomic mass is 10.1. The predicted molar refractivity (Wildman–Crippen MR) is 108 cm³/mol. The summed E-state index contributed by atoms with van der Waals surface area (Å²) in [7, 11) is 0. The fourth-order valence-corrected chi connectivity index (χ4v) is 3.93. The zero-order valence-electron chi connectivity index (χ0n) is 16.5. The van der Waals surface area contributed by atoms with E-state index in [1.807, 2.05) is 18.2 Å². The first-order chi connectivity index (χ1) is 14.8.